The van der Waals surface area contributed by atoms with E-state index in [0.29, 0.717) is 50.5 Å². The van der Waals surface area contributed by atoms with Crippen LogP contribution in [-0.4, -0.2) is 39.7 Å². The molecule has 4 aliphatic rings. The minimum Gasteiger partial charge on any atom is -0.481 e. The Morgan fingerprint density at radius 3 is 2.34 bits per heavy atom. The van der Waals surface area contributed by atoms with Gasteiger partial charge in [0.15, 0.2) is 11.6 Å². The number of halogens is 3. The molecule has 0 radical (unpaired) electrons. The molecule has 0 atom stereocenters. The number of carbonyl (C=O) groups excluding carboxylic acids is 1. The molecule has 0 saturated heterocycles. The predicted molar refractivity (Wildman–Crippen MR) is 138 cm³/mol. The second-order valence-electron chi connectivity index (χ2n) is 11.1. The van der Waals surface area contributed by atoms with Gasteiger partial charge >= 0.3 is 5.97 Å². The van der Waals surface area contributed by atoms with Crippen LogP contribution < -0.4 is 0 Å². The molecule has 2 bridgehead atoms. The maximum atomic E-state index is 14.6. The third kappa shape index (κ3) is 4.35. The fourth-order valence-corrected chi connectivity index (χ4v) is 6.73. The first-order valence-corrected chi connectivity index (χ1v) is 13.1. The molecule has 0 unspecified atom stereocenters. The fraction of sp³-hybridized carbons (Fsp3) is 0.483. The molecule has 1 aliphatic heterocycles. The van der Waals surface area contributed by atoms with Crippen molar-refractivity contribution in [2.45, 2.75) is 71.4 Å². The van der Waals surface area contributed by atoms with Gasteiger partial charge in [0.05, 0.1) is 18.5 Å². The molecule has 2 heterocycles. The normalized spacial score (nSPS) is 24.6. The van der Waals surface area contributed by atoms with Crippen molar-refractivity contribution in [2.24, 2.45) is 15.8 Å². The zero-order valence-corrected chi connectivity index (χ0v) is 21.5. The summed E-state index contributed by atoms with van der Waals surface area (Å²) >= 11 is 0. The van der Waals surface area contributed by atoms with Gasteiger partial charge in [0, 0.05) is 35.9 Å². The summed E-state index contributed by atoms with van der Waals surface area (Å²) in [5.74, 6) is -3.44. The summed E-state index contributed by atoms with van der Waals surface area (Å²) in [5, 5.41) is 9.68. The minimum absolute atomic E-state index is 0.0210. The number of benzene rings is 1. The first kappa shape index (κ1) is 26.3. The third-order valence-corrected chi connectivity index (χ3v) is 9.10. The van der Waals surface area contributed by atoms with Crippen molar-refractivity contribution in [3.05, 3.63) is 58.0 Å². The van der Waals surface area contributed by atoms with Crippen LogP contribution in [0.4, 0.5) is 19.0 Å². The van der Waals surface area contributed by atoms with Crippen LogP contribution in [0.1, 0.15) is 74.3 Å². The molecule has 3 fully saturated rings. The molecule has 0 spiro atoms. The van der Waals surface area contributed by atoms with E-state index in [2.05, 4.69) is 11.7 Å². The van der Waals surface area contributed by atoms with Gasteiger partial charge in [-0.2, -0.15) is 0 Å². The summed E-state index contributed by atoms with van der Waals surface area (Å²) in [7, 11) is 0. The molecule has 6 rings (SSSR count). The summed E-state index contributed by atoms with van der Waals surface area (Å²) in [6.07, 6.45) is 8.79. The number of hydrogen-bond donors (Lipinski definition) is 1. The molecule has 9 heteroatoms. The van der Waals surface area contributed by atoms with Crippen molar-refractivity contribution in [1.82, 2.24) is 9.47 Å². The van der Waals surface area contributed by atoms with Gasteiger partial charge in [0.25, 0.3) is 0 Å². The molecule has 1 aromatic heterocycles. The first-order valence-electron chi connectivity index (χ1n) is 13.1. The van der Waals surface area contributed by atoms with Crippen LogP contribution in [0.2, 0.25) is 0 Å². The zero-order valence-electron chi connectivity index (χ0n) is 21.5. The van der Waals surface area contributed by atoms with Crippen LogP contribution in [0, 0.1) is 28.3 Å². The number of aromatic nitrogens is 1. The zero-order chi connectivity index (χ0) is 27.2. The highest BCUT2D eigenvalue weighted by atomic mass is 19.2. The maximum absolute atomic E-state index is 14.6. The van der Waals surface area contributed by atoms with E-state index in [-0.39, 0.29) is 30.0 Å². The molecule has 6 nitrogen and oxygen atoms in total. The van der Waals surface area contributed by atoms with E-state index in [1.807, 2.05) is 19.1 Å². The number of aliphatic carboxylic acids is 1. The van der Waals surface area contributed by atoms with E-state index >= 15 is 0 Å². The number of aliphatic imine (C=N–C) groups is 1. The highest BCUT2D eigenvalue weighted by molar-refractivity contribution is 5.79. The maximum Gasteiger partial charge on any atom is 0.309 e. The first-order chi connectivity index (χ1) is 18.1. The molecule has 3 aliphatic carbocycles. The number of rotatable bonds is 7. The van der Waals surface area contributed by atoms with E-state index in [4.69, 9.17) is 0 Å². The van der Waals surface area contributed by atoms with E-state index in [9.17, 15) is 27.9 Å². The van der Waals surface area contributed by atoms with Crippen molar-refractivity contribution in [3.63, 3.8) is 0 Å². The second kappa shape index (κ2) is 9.75. The van der Waals surface area contributed by atoms with Gasteiger partial charge in [-0.1, -0.05) is 12.2 Å². The summed E-state index contributed by atoms with van der Waals surface area (Å²) in [6.45, 7) is 6.29. The topological polar surface area (TPSA) is 74.9 Å². The highest BCUT2D eigenvalue weighted by Crippen LogP contribution is 2.58. The largest absolute Gasteiger partial charge is 0.481 e. The standard InChI is InChI=1S/C29H32F3N3O3/c1-3-4-20-19-5-12-34(25(36)15-28-6-9-29(10-7-28,11-8-28)27(37)38)17-24(19)35(26(20)33-2)16-18-13-22(31)23(32)14-21(18)30/h3-4,13-14H,2,5-12,15-17H2,1H3,(H,37,38)/b4-3-. The molecule has 202 valence electrons. The van der Waals surface area contributed by atoms with E-state index in [0.717, 1.165) is 42.1 Å². The van der Waals surface area contributed by atoms with Crippen LogP contribution in [0.3, 0.4) is 0 Å². The molecule has 38 heavy (non-hydrogen) atoms. The number of amides is 1. The van der Waals surface area contributed by atoms with Crippen molar-refractivity contribution in [2.75, 3.05) is 6.54 Å². The van der Waals surface area contributed by atoms with Gasteiger partial charge in [0.2, 0.25) is 5.91 Å². The average molecular weight is 528 g/mol. The Labute approximate surface area is 219 Å². The number of carboxylic acids is 1. The number of nitrogens with zero attached hydrogens (tertiary/aromatic N) is 3. The van der Waals surface area contributed by atoms with Gasteiger partial charge in [0.1, 0.15) is 11.6 Å². The lowest BCUT2D eigenvalue weighted by molar-refractivity contribution is -0.160. The number of fused-ring (bicyclic) bond motifs is 4. The Bertz CT molecular complexity index is 1320. The Balaban J connectivity index is 1.42. The van der Waals surface area contributed by atoms with Gasteiger partial charge in [-0.05, 0) is 75.6 Å². The second-order valence-corrected chi connectivity index (χ2v) is 11.1. The lowest BCUT2D eigenvalue weighted by Gasteiger charge is -2.51. The Hall–Kier alpha value is -3.36. The number of allylic oxidation sites excluding steroid dienone is 1. The summed E-state index contributed by atoms with van der Waals surface area (Å²) < 4.78 is 43.8. The molecular formula is C29H32F3N3O3. The van der Waals surface area contributed by atoms with Crippen molar-refractivity contribution < 1.29 is 27.9 Å². The lowest BCUT2D eigenvalue weighted by atomic mass is 9.53. The fourth-order valence-electron chi connectivity index (χ4n) is 6.73. The van der Waals surface area contributed by atoms with Gasteiger partial charge in [-0.15, -0.1) is 0 Å². The van der Waals surface area contributed by atoms with E-state index in [1.54, 1.807) is 9.47 Å². The Morgan fingerprint density at radius 1 is 1.08 bits per heavy atom. The van der Waals surface area contributed by atoms with Crippen LogP contribution in [0.5, 0.6) is 0 Å². The monoisotopic (exact) mass is 527 g/mol. The van der Waals surface area contributed by atoms with Crippen LogP contribution >= 0.6 is 0 Å². The summed E-state index contributed by atoms with van der Waals surface area (Å²) in [5.41, 5.74) is 1.78. The summed E-state index contributed by atoms with van der Waals surface area (Å²) in [6, 6.07) is 1.39. The molecule has 1 N–H and O–H groups in total. The van der Waals surface area contributed by atoms with Crippen molar-refractivity contribution in [3.8, 4) is 0 Å². The molecule has 1 aromatic carbocycles. The Kier molecular flexibility index (Phi) is 6.73. The quantitative estimate of drug-likeness (QED) is 0.354. The van der Waals surface area contributed by atoms with Gasteiger partial charge in [-0.3, -0.25) is 9.59 Å². The highest BCUT2D eigenvalue weighted by Gasteiger charge is 2.53. The number of carbonyl (C=O) groups is 2. The molecular weight excluding hydrogens is 495 g/mol. The smallest absolute Gasteiger partial charge is 0.309 e. The SMILES string of the molecule is C=Nc1c(/C=C\C)c2c(n1Cc1cc(F)c(F)cc1F)CN(C(=O)CC13CCC(C(=O)O)(CC1)CC3)CC2. The summed E-state index contributed by atoms with van der Waals surface area (Å²) in [4.78, 5) is 31.3. The van der Waals surface area contributed by atoms with Crippen LogP contribution in [-0.2, 0) is 29.1 Å². The predicted octanol–water partition coefficient (Wildman–Crippen LogP) is 6.02. The van der Waals surface area contributed by atoms with Gasteiger partial charge < -0.3 is 14.6 Å². The number of carboxylic acid groups (broad SMARTS) is 1. The third-order valence-electron chi connectivity index (χ3n) is 9.10. The number of hydrogen-bond acceptors (Lipinski definition) is 3. The van der Waals surface area contributed by atoms with Crippen LogP contribution in [0.25, 0.3) is 6.08 Å². The van der Waals surface area contributed by atoms with E-state index in [1.165, 1.54) is 0 Å². The van der Waals surface area contributed by atoms with Gasteiger partial charge in [-0.25, -0.2) is 18.2 Å². The molecule has 1 amide bonds. The molecule has 3 saturated carbocycles. The van der Waals surface area contributed by atoms with Crippen molar-refractivity contribution in [1.29, 1.82) is 0 Å². The average Bonchev–Trinajstić information content (AvgIpc) is 3.19. The van der Waals surface area contributed by atoms with Crippen LogP contribution in [0.15, 0.2) is 23.2 Å². The van der Waals surface area contributed by atoms with E-state index < -0.39 is 28.8 Å². The molecule has 2 aromatic rings. The van der Waals surface area contributed by atoms with Crippen molar-refractivity contribution >= 4 is 30.5 Å². The lowest BCUT2D eigenvalue weighted by Crippen LogP contribution is -2.48. The minimum atomic E-state index is -1.25. The Morgan fingerprint density at radius 2 is 1.74 bits per heavy atom.